The van der Waals surface area contributed by atoms with Crippen LogP contribution in [0.5, 0.6) is 6.01 Å². The molecule has 1 aliphatic rings. The van der Waals surface area contributed by atoms with Gasteiger partial charge >= 0.3 is 6.01 Å². The van der Waals surface area contributed by atoms with Crippen LogP contribution in [0.15, 0.2) is 43.1 Å². The van der Waals surface area contributed by atoms with Crippen molar-refractivity contribution in [3.63, 3.8) is 0 Å². The van der Waals surface area contributed by atoms with E-state index in [0.717, 1.165) is 0 Å². The molecule has 0 aromatic carbocycles. The van der Waals surface area contributed by atoms with E-state index in [-0.39, 0.29) is 31.1 Å². The van der Waals surface area contributed by atoms with Gasteiger partial charge in [0.1, 0.15) is 12.0 Å². The van der Waals surface area contributed by atoms with E-state index in [1.165, 1.54) is 30.7 Å². The van der Waals surface area contributed by atoms with Gasteiger partial charge < -0.3 is 10.4 Å². The summed E-state index contributed by atoms with van der Waals surface area (Å²) >= 11 is 0. The Morgan fingerprint density at radius 1 is 1.04 bits per heavy atom. The predicted octanol–water partition coefficient (Wildman–Crippen LogP) is 2.66. The Morgan fingerprint density at radius 2 is 1.67 bits per heavy atom. The highest BCUT2D eigenvalue weighted by atomic mass is 19.1. The van der Waals surface area contributed by atoms with Crippen molar-refractivity contribution in [3.8, 4) is 17.1 Å². The monoisotopic (exact) mass is 370 g/mol. The Morgan fingerprint density at radius 3 is 2.26 bits per heavy atom. The van der Waals surface area contributed by atoms with E-state index < -0.39 is 17.4 Å². The van der Waals surface area contributed by atoms with Gasteiger partial charge in [-0.1, -0.05) is 0 Å². The number of nitrogens with one attached hydrogen (secondary N) is 1. The first-order chi connectivity index (χ1) is 13.1. The summed E-state index contributed by atoms with van der Waals surface area (Å²) in [6.07, 6.45) is 7.04. The van der Waals surface area contributed by atoms with Crippen molar-refractivity contribution in [1.29, 1.82) is 0 Å². The molecule has 138 valence electrons. The summed E-state index contributed by atoms with van der Waals surface area (Å²) < 4.78 is 27.7. The topological polar surface area (TPSA) is 96.7 Å². The van der Waals surface area contributed by atoms with Crippen molar-refractivity contribution in [2.45, 2.75) is 24.4 Å². The van der Waals surface area contributed by atoms with Gasteiger partial charge in [0.25, 0.3) is 0 Å². The predicted molar refractivity (Wildman–Crippen MR) is 93.2 cm³/mol. The third-order valence-corrected chi connectivity index (χ3v) is 4.69. The SMILES string of the molecule is Oc1ncc(-c2cnc(NC[C@]3(c4ncccc4F)C[C@H](F)C3)nc2)cn1. The van der Waals surface area contributed by atoms with E-state index in [4.69, 9.17) is 5.11 Å². The molecule has 3 heterocycles. The van der Waals surface area contributed by atoms with E-state index in [1.807, 2.05) is 0 Å². The Hall–Kier alpha value is -3.23. The second kappa shape index (κ2) is 6.82. The molecule has 1 fully saturated rings. The molecule has 3 aromatic heterocycles. The largest absolute Gasteiger partial charge is 0.479 e. The molecule has 0 atom stereocenters. The van der Waals surface area contributed by atoms with E-state index in [1.54, 1.807) is 12.4 Å². The molecule has 4 rings (SSSR count). The minimum absolute atomic E-state index is 0.205. The lowest BCUT2D eigenvalue weighted by atomic mass is 9.65. The normalized spacial score (nSPS) is 21.5. The molecule has 0 spiro atoms. The lowest BCUT2D eigenvalue weighted by Gasteiger charge is -2.43. The fraction of sp³-hybridized carbons (Fsp3) is 0.278. The van der Waals surface area contributed by atoms with Crippen molar-refractivity contribution >= 4 is 5.95 Å². The molecule has 0 radical (unpaired) electrons. The molecule has 27 heavy (non-hydrogen) atoms. The Bertz CT molecular complexity index is 929. The number of aromatic hydroxyl groups is 1. The molecular formula is C18H16F2N6O. The first kappa shape index (κ1) is 17.2. The minimum atomic E-state index is -0.967. The van der Waals surface area contributed by atoms with E-state index in [2.05, 4.69) is 30.2 Å². The number of hydrogen-bond donors (Lipinski definition) is 2. The number of anilines is 1. The summed E-state index contributed by atoms with van der Waals surface area (Å²) in [5.74, 6) is -0.0914. The number of rotatable bonds is 5. The van der Waals surface area contributed by atoms with Crippen LogP contribution in [-0.4, -0.2) is 42.7 Å². The average Bonchev–Trinajstić information content (AvgIpc) is 2.66. The van der Waals surface area contributed by atoms with Crippen molar-refractivity contribution in [3.05, 3.63) is 54.6 Å². The van der Waals surface area contributed by atoms with Crippen LogP contribution < -0.4 is 5.32 Å². The van der Waals surface area contributed by atoms with Crippen molar-refractivity contribution < 1.29 is 13.9 Å². The Labute approximate surface area is 153 Å². The smallest absolute Gasteiger partial charge is 0.313 e. The van der Waals surface area contributed by atoms with E-state index in [9.17, 15) is 8.78 Å². The highest BCUT2D eigenvalue weighted by Gasteiger charge is 2.48. The van der Waals surface area contributed by atoms with Crippen LogP contribution in [0, 0.1) is 5.82 Å². The molecular weight excluding hydrogens is 354 g/mol. The summed E-state index contributed by atoms with van der Waals surface area (Å²) in [5, 5.41) is 12.2. The third kappa shape index (κ3) is 3.40. The van der Waals surface area contributed by atoms with Gasteiger partial charge in [-0.15, -0.1) is 0 Å². The Kier molecular flexibility index (Phi) is 4.35. The van der Waals surface area contributed by atoms with Gasteiger partial charge in [0.15, 0.2) is 0 Å². The lowest BCUT2D eigenvalue weighted by molar-refractivity contribution is 0.0963. The van der Waals surface area contributed by atoms with Crippen LogP contribution >= 0.6 is 0 Å². The zero-order valence-corrected chi connectivity index (χ0v) is 14.2. The molecule has 0 aliphatic heterocycles. The summed E-state index contributed by atoms with van der Waals surface area (Å²) in [7, 11) is 0. The van der Waals surface area contributed by atoms with Crippen LogP contribution in [0.25, 0.3) is 11.1 Å². The number of aromatic nitrogens is 5. The molecule has 1 aliphatic carbocycles. The molecule has 9 heteroatoms. The van der Waals surface area contributed by atoms with Gasteiger partial charge in [-0.25, -0.2) is 28.7 Å². The van der Waals surface area contributed by atoms with Crippen LogP contribution in [0.4, 0.5) is 14.7 Å². The van der Waals surface area contributed by atoms with E-state index in [0.29, 0.717) is 17.1 Å². The molecule has 0 unspecified atom stereocenters. The molecule has 0 saturated heterocycles. The quantitative estimate of drug-likeness (QED) is 0.713. The van der Waals surface area contributed by atoms with Gasteiger partial charge in [-0.3, -0.25) is 4.98 Å². The molecule has 0 amide bonds. The number of hydrogen-bond acceptors (Lipinski definition) is 7. The summed E-state index contributed by atoms with van der Waals surface area (Å²) in [5.41, 5.74) is 0.894. The van der Waals surface area contributed by atoms with Crippen molar-refractivity contribution in [2.75, 3.05) is 11.9 Å². The van der Waals surface area contributed by atoms with Gasteiger partial charge in [0.2, 0.25) is 5.95 Å². The first-order valence-corrected chi connectivity index (χ1v) is 8.38. The molecule has 1 saturated carbocycles. The molecule has 7 nitrogen and oxygen atoms in total. The van der Waals surface area contributed by atoms with Gasteiger partial charge in [-0.05, 0) is 25.0 Å². The summed E-state index contributed by atoms with van der Waals surface area (Å²) in [6.45, 7) is 0.281. The van der Waals surface area contributed by atoms with Crippen LogP contribution in [0.2, 0.25) is 0 Å². The fourth-order valence-electron chi connectivity index (χ4n) is 3.27. The zero-order valence-electron chi connectivity index (χ0n) is 14.2. The maximum absolute atomic E-state index is 14.2. The maximum atomic E-state index is 14.2. The number of nitrogens with zero attached hydrogens (tertiary/aromatic N) is 5. The third-order valence-electron chi connectivity index (χ3n) is 4.69. The summed E-state index contributed by atoms with van der Waals surface area (Å²) in [4.78, 5) is 20.0. The molecule has 2 N–H and O–H groups in total. The van der Waals surface area contributed by atoms with Gasteiger partial charge in [0, 0.05) is 54.1 Å². The first-order valence-electron chi connectivity index (χ1n) is 8.38. The number of alkyl halides is 1. The van der Waals surface area contributed by atoms with Gasteiger partial charge in [-0.2, -0.15) is 0 Å². The fourth-order valence-corrected chi connectivity index (χ4v) is 3.27. The van der Waals surface area contributed by atoms with Crippen LogP contribution in [0.3, 0.4) is 0 Å². The minimum Gasteiger partial charge on any atom is -0.479 e. The highest BCUT2D eigenvalue weighted by Crippen LogP contribution is 2.45. The maximum Gasteiger partial charge on any atom is 0.313 e. The van der Waals surface area contributed by atoms with E-state index >= 15 is 0 Å². The second-order valence-corrected chi connectivity index (χ2v) is 6.54. The lowest BCUT2D eigenvalue weighted by Crippen LogP contribution is -2.49. The number of pyridine rings is 1. The average molecular weight is 370 g/mol. The standard InChI is InChI=1S/C18H16F2N6O/c19-13-4-18(5-13,15-14(20)2-1-3-21-15)10-26-16-22-6-11(7-23-16)12-8-24-17(27)25-9-12/h1-3,6-9,13H,4-5,10H2,(H,22,23,26)(H,24,25,27)/t13-,18-. The highest BCUT2D eigenvalue weighted by molar-refractivity contribution is 5.59. The Balaban J connectivity index is 1.49. The summed E-state index contributed by atoms with van der Waals surface area (Å²) in [6, 6.07) is 2.54. The zero-order chi connectivity index (χ0) is 18.9. The second-order valence-electron chi connectivity index (χ2n) is 6.54. The van der Waals surface area contributed by atoms with Crippen LogP contribution in [0.1, 0.15) is 18.5 Å². The molecule has 0 bridgehead atoms. The van der Waals surface area contributed by atoms with Crippen molar-refractivity contribution in [1.82, 2.24) is 24.9 Å². The van der Waals surface area contributed by atoms with Crippen LogP contribution in [-0.2, 0) is 5.41 Å². The van der Waals surface area contributed by atoms with Gasteiger partial charge in [0.05, 0.1) is 5.69 Å². The molecule has 3 aromatic rings. The number of halogens is 2. The van der Waals surface area contributed by atoms with Crippen molar-refractivity contribution in [2.24, 2.45) is 0 Å².